The molecule has 1 amide bonds. The van der Waals surface area contributed by atoms with Crippen LogP contribution in [-0.4, -0.2) is 23.9 Å². The minimum absolute atomic E-state index is 0.104. The summed E-state index contributed by atoms with van der Waals surface area (Å²) in [7, 11) is 1.94. The maximum Gasteiger partial charge on any atom is 0.254 e. The van der Waals surface area contributed by atoms with Crippen LogP contribution in [0.2, 0.25) is 0 Å². The van der Waals surface area contributed by atoms with Gasteiger partial charge in [-0.15, -0.1) is 0 Å². The molecule has 3 rings (SSSR count). The first-order valence-corrected chi connectivity index (χ1v) is 8.78. The van der Waals surface area contributed by atoms with Gasteiger partial charge >= 0.3 is 0 Å². The molecule has 24 heavy (non-hydrogen) atoms. The van der Waals surface area contributed by atoms with E-state index in [1.54, 1.807) is 0 Å². The average Bonchev–Trinajstić information content (AvgIpc) is 2.58. The van der Waals surface area contributed by atoms with E-state index in [2.05, 4.69) is 58.0 Å². The van der Waals surface area contributed by atoms with E-state index in [-0.39, 0.29) is 17.4 Å². The molecular formula is C22H27NO. The Morgan fingerprint density at radius 1 is 1.04 bits per heavy atom. The van der Waals surface area contributed by atoms with Crippen LogP contribution in [0.5, 0.6) is 0 Å². The van der Waals surface area contributed by atoms with E-state index in [9.17, 15) is 4.79 Å². The molecule has 0 fully saturated rings. The Bertz CT molecular complexity index is 743. The fourth-order valence-corrected chi connectivity index (χ4v) is 3.81. The summed E-state index contributed by atoms with van der Waals surface area (Å²) in [5.41, 5.74) is 4.55. The quantitative estimate of drug-likeness (QED) is 0.796. The molecule has 0 saturated heterocycles. The van der Waals surface area contributed by atoms with Gasteiger partial charge in [-0.25, -0.2) is 0 Å². The van der Waals surface area contributed by atoms with Gasteiger partial charge < -0.3 is 4.90 Å². The van der Waals surface area contributed by atoms with Crippen molar-refractivity contribution in [1.29, 1.82) is 0 Å². The van der Waals surface area contributed by atoms with E-state index in [4.69, 9.17) is 0 Å². The predicted molar refractivity (Wildman–Crippen MR) is 99.6 cm³/mol. The summed E-state index contributed by atoms with van der Waals surface area (Å²) < 4.78 is 0. The second-order valence-electron chi connectivity index (χ2n) is 7.79. The molecule has 2 aromatic carbocycles. The fourth-order valence-electron chi connectivity index (χ4n) is 3.81. The highest BCUT2D eigenvalue weighted by Crippen LogP contribution is 2.36. The van der Waals surface area contributed by atoms with Crippen molar-refractivity contribution in [2.24, 2.45) is 0 Å². The van der Waals surface area contributed by atoms with E-state index >= 15 is 0 Å². The lowest BCUT2D eigenvalue weighted by Crippen LogP contribution is -2.52. The number of nitrogens with zero attached hydrogens (tertiary/aromatic N) is 1. The lowest BCUT2D eigenvalue weighted by Gasteiger charge is -2.44. The number of hydrogen-bond acceptors (Lipinski definition) is 1. The zero-order valence-corrected chi connectivity index (χ0v) is 15.3. The predicted octanol–water partition coefficient (Wildman–Crippen LogP) is 4.78. The van der Waals surface area contributed by atoms with Crippen LogP contribution in [0.15, 0.2) is 48.5 Å². The van der Waals surface area contributed by atoms with Gasteiger partial charge in [0.25, 0.3) is 5.91 Å². The van der Waals surface area contributed by atoms with Crippen molar-refractivity contribution in [3.63, 3.8) is 0 Å². The first kappa shape index (κ1) is 16.8. The number of rotatable bonds is 3. The van der Waals surface area contributed by atoms with E-state index in [0.717, 1.165) is 17.5 Å². The molecule has 0 radical (unpaired) electrons. The van der Waals surface area contributed by atoms with Crippen LogP contribution in [0.4, 0.5) is 0 Å². The number of benzene rings is 2. The van der Waals surface area contributed by atoms with Crippen LogP contribution in [0.1, 0.15) is 60.7 Å². The Hall–Kier alpha value is -2.09. The first-order chi connectivity index (χ1) is 11.3. The third-order valence-electron chi connectivity index (χ3n) is 5.60. The highest BCUT2D eigenvalue weighted by atomic mass is 16.2. The molecule has 1 unspecified atom stereocenters. The molecule has 1 aliphatic heterocycles. The van der Waals surface area contributed by atoms with Gasteiger partial charge in [0.1, 0.15) is 0 Å². The van der Waals surface area contributed by atoms with Crippen LogP contribution in [0, 0.1) is 0 Å². The molecule has 0 aromatic heterocycles. The van der Waals surface area contributed by atoms with Crippen molar-refractivity contribution in [2.45, 2.75) is 51.5 Å². The van der Waals surface area contributed by atoms with Crippen LogP contribution < -0.4 is 0 Å². The van der Waals surface area contributed by atoms with Crippen LogP contribution in [0.25, 0.3) is 0 Å². The summed E-state index contributed by atoms with van der Waals surface area (Å²) >= 11 is 0. The Kier molecular flexibility index (Phi) is 4.25. The summed E-state index contributed by atoms with van der Waals surface area (Å²) in [6.45, 7) is 8.93. The van der Waals surface area contributed by atoms with Crippen LogP contribution in [-0.2, 0) is 11.8 Å². The highest BCUT2D eigenvalue weighted by molar-refractivity contribution is 5.97. The van der Waals surface area contributed by atoms with E-state index in [1.165, 1.54) is 11.1 Å². The average molecular weight is 321 g/mol. The summed E-state index contributed by atoms with van der Waals surface area (Å²) in [6, 6.07) is 17.1. The smallest absolute Gasteiger partial charge is 0.254 e. The second kappa shape index (κ2) is 6.08. The molecule has 1 aliphatic rings. The molecule has 2 nitrogen and oxygen atoms in total. The fraction of sp³-hybridized carbons (Fsp3) is 0.409. The Labute approximate surface area is 145 Å². The van der Waals surface area contributed by atoms with Gasteiger partial charge in [0, 0.05) is 24.1 Å². The molecule has 0 aliphatic carbocycles. The standard InChI is InChI=1S/C22H27NO/c1-15(2)16-10-12-18(13-11-16)22(3,4)20-14-17-8-6-7-9-19(17)21(24)23(20)5/h6-13,15,20H,14H2,1-5H3. The van der Waals surface area contributed by atoms with E-state index < -0.39 is 0 Å². The van der Waals surface area contributed by atoms with Gasteiger partial charge in [-0.2, -0.15) is 0 Å². The summed E-state index contributed by atoms with van der Waals surface area (Å²) in [5, 5.41) is 0. The lowest BCUT2D eigenvalue weighted by molar-refractivity contribution is 0.0627. The Balaban J connectivity index is 1.96. The van der Waals surface area contributed by atoms with Crippen molar-refractivity contribution in [1.82, 2.24) is 4.90 Å². The summed E-state index contributed by atoms with van der Waals surface area (Å²) in [5.74, 6) is 0.668. The molecule has 2 heteroatoms. The molecule has 0 N–H and O–H groups in total. The normalized spacial score (nSPS) is 18.0. The van der Waals surface area contributed by atoms with Gasteiger partial charge in [-0.1, -0.05) is 70.2 Å². The highest BCUT2D eigenvalue weighted by Gasteiger charge is 2.40. The maximum atomic E-state index is 12.8. The van der Waals surface area contributed by atoms with Crippen molar-refractivity contribution in [3.8, 4) is 0 Å². The zero-order chi connectivity index (χ0) is 17.5. The molecule has 0 spiro atoms. The molecule has 1 heterocycles. The first-order valence-electron chi connectivity index (χ1n) is 8.78. The van der Waals surface area contributed by atoms with Crippen molar-refractivity contribution < 1.29 is 4.79 Å². The summed E-state index contributed by atoms with van der Waals surface area (Å²) in [6.07, 6.45) is 0.900. The Morgan fingerprint density at radius 2 is 1.67 bits per heavy atom. The Morgan fingerprint density at radius 3 is 2.29 bits per heavy atom. The van der Waals surface area contributed by atoms with Crippen LogP contribution in [0.3, 0.4) is 0 Å². The molecule has 126 valence electrons. The molecule has 1 atom stereocenters. The van der Waals surface area contributed by atoms with Crippen molar-refractivity contribution >= 4 is 5.91 Å². The number of likely N-dealkylation sites (N-methyl/N-ethyl adjacent to an activating group) is 1. The molecule has 0 saturated carbocycles. The third kappa shape index (κ3) is 2.75. The minimum atomic E-state index is -0.104. The maximum absolute atomic E-state index is 12.8. The number of amides is 1. The van der Waals surface area contributed by atoms with Gasteiger partial charge in [0.2, 0.25) is 0 Å². The monoisotopic (exact) mass is 321 g/mol. The lowest BCUT2D eigenvalue weighted by atomic mass is 9.72. The molecular weight excluding hydrogens is 294 g/mol. The van der Waals surface area contributed by atoms with Crippen molar-refractivity contribution in [2.75, 3.05) is 7.05 Å². The number of carbonyl (C=O) groups excluding carboxylic acids is 1. The third-order valence-corrected chi connectivity index (χ3v) is 5.60. The van der Waals surface area contributed by atoms with E-state index in [1.807, 2.05) is 30.1 Å². The van der Waals surface area contributed by atoms with Gasteiger partial charge in [0.15, 0.2) is 0 Å². The number of hydrogen-bond donors (Lipinski definition) is 0. The van der Waals surface area contributed by atoms with Crippen LogP contribution >= 0.6 is 0 Å². The molecule has 2 aromatic rings. The number of carbonyl (C=O) groups is 1. The van der Waals surface area contributed by atoms with E-state index in [0.29, 0.717) is 5.92 Å². The van der Waals surface area contributed by atoms with Gasteiger partial charge in [-0.3, -0.25) is 4.79 Å². The van der Waals surface area contributed by atoms with Crippen molar-refractivity contribution in [3.05, 3.63) is 70.8 Å². The second-order valence-corrected chi connectivity index (χ2v) is 7.79. The SMILES string of the molecule is CC(C)c1ccc(C(C)(C)C2Cc3ccccc3C(=O)N2C)cc1. The largest absolute Gasteiger partial charge is 0.338 e. The topological polar surface area (TPSA) is 20.3 Å². The number of fused-ring (bicyclic) bond motifs is 1. The van der Waals surface area contributed by atoms with Gasteiger partial charge in [0.05, 0.1) is 0 Å². The zero-order valence-electron chi connectivity index (χ0n) is 15.3. The minimum Gasteiger partial charge on any atom is -0.338 e. The summed E-state index contributed by atoms with van der Waals surface area (Å²) in [4.78, 5) is 14.7. The van der Waals surface area contributed by atoms with Gasteiger partial charge in [-0.05, 0) is 35.1 Å². The molecule has 0 bridgehead atoms.